The molecule has 0 amide bonds. The largest absolute Gasteiger partial charge is 0.304 e. The normalized spacial score (nSPS) is 23.9. The molecule has 207 valence electrons. The van der Waals surface area contributed by atoms with Gasteiger partial charge in [-0.3, -0.25) is 4.99 Å². The Labute approximate surface area is 271 Å². The number of aromatic nitrogens is 2. The van der Waals surface area contributed by atoms with Crippen LogP contribution in [0.4, 0.5) is 0 Å². The second-order valence-corrected chi connectivity index (χ2v) is 10.1. The van der Waals surface area contributed by atoms with E-state index in [0.717, 1.165) is 48.6 Å². The van der Waals surface area contributed by atoms with Crippen LogP contribution in [0.25, 0.3) is 31.6 Å². The third-order valence-electron chi connectivity index (χ3n) is 6.27. The Morgan fingerprint density at radius 1 is 1.05 bits per heavy atom. The molecule has 5 aromatic rings. The molecule has 1 aliphatic heterocycles. The molecule has 0 N–H and O–H groups in total. The molecule has 5 heteroatoms. The SMILES string of the molecule is [2H]C1(c2ccc3c(n2)sc2c[c-]ccc23)CCCCC1.[2H]C1C=NC=C(C([2H])([2H])[2H])C1[2H].[2H]c1c(C([2H])([2H])[2H])cnc(-c2[c-]cccc2)c1[2H].[Ir]. The minimum absolute atomic E-state index is 0. The predicted molar refractivity (Wildman–Crippen MR) is 167 cm³/mol. The van der Waals surface area contributed by atoms with Gasteiger partial charge in [0.2, 0.25) is 0 Å². The van der Waals surface area contributed by atoms with Crippen molar-refractivity contribution in [2.75, 3.05) is 0 Å². The van der Waals surface area contributed by atoms with Crippen molar-refractivity contribution in [2.24, 2.45) is 4.99 Å². The fraction of sp³-hybridized carbons (Fsp3) is 0.286. The van der Waals surface area contributed by atoms with Crippen molar-refractivity contribution in [3.05, 3.63) is 108 Å². The molecular weight excluding hydrogens is 687 g/mol. The molecule has 1 aliphatic carbocycles. The number of hydrogen-bond acceptors (Lipinski definition) is 4. The maximum absolute atomic E-state index is 8.71. The first-order chi connectivity index (χ1) is 23.6. The second-order valence-electron chi connectivity index (χ2n) is 9.03. The number of fused-ring (bicyclic) bond motifs is 3. The predicted octanol–water partition coefficient (Wildman–Crippen LogP) is 9.91. The van der Waals surface area contributed by atoms with Crippen LogP contribution >= 0.6 is 11.3 Å². The summed E-state index contributed by atoms with van der Waals surface area (Å²) in [6.07, 6.45) is 7.19. The summed E-state index contributed by atoms with van der Waals surface area (Å²) in [5.41, 5.74) is 1.55. The van der Waals surface area contributed by atoms with Crippen molar-refractivity contribution in [2.45, 2.75) is 64.5 Å². The standard InChI is InChI=1S/C17H16NS.C12H10N.C6H9N.Ir/c1-2-6-12(7-3-1)15-11-10-14-13-8-4-5-9-16(13)19-17(14)18-15;1-10-7-8-12(13-9-10)11-5-3-2-4-6-11;1-6-3-2-4-7-5-6;/h4,8-12H,1-3,6-7H2;2-5,7-9H,1H3;4-5H,2-3H2,1H3;/q2*-1;;/i12D;1D3,7D,8D;1D3,2D,3D;. The van der Waals surface area contributed by atoms with Gasteiger partial charge in [0.25, 0.3) is 0 Å². The third-order valence-corrected chi connectivity index (χ3v) is 7.33. The van der Waals surface area contributed by atoms with Gasteiger partial charge >= 0.3 is 0 Å². The Kier molecular flexibility index (Phi) is 6.98. The van der Waals surface area contributed by atoms with Gasteiger partial charge in [-0.25, -0.2) is 4.98 Å². The maximum atomic E-state index is 8.71. The number of aliphatic imine (C=N–C) groups is 1. The zero-order valence-corrected chi connectivity index (χ0v) is 24.9. The fourth-order valence-corrected chi connectivity index (χ4v) is 5.40. The van der Waals surface area contributed by atoms with Crippen molar-refractivity contribution in [1.29, 1.82) is 0 Å². The second kappa shape index (κ2) is 15.1. The van der Waals surface area contributed by atoms with Crippen LogP contribution in [0.2, 0.25) is 0 Å². The number of hydrogen-bond donors (Lipinski definition) is 0. The van der Waals surface area contributed by atoms with E-state index in [0.29, 0.717) is 5.56 Å². The van der Waals surface area contributed by atoms with Gasteiger partial charge in [0, 0.05) is 62.6 Å². The number of nitrogens with zero attached hydrogens (tertiary/aromatic N) is 3. The Morgan fingerprint density at radius 2 is 1.98 bits per heavy atom. The number of allylic oxidation sites excluding steroid dienone is 1. The molecule has 2 atom stereocenters. The van der Waals surface area contributed by atoms with E-state index in [1.807, 2.05) is 12.1 Å². The molecule has 4 heterocycles. The van der Waals surface area contributed by atoms with Crippen LogP contribution in [-0.2, 0) is 20.1 Å². The molecule has 0 saturated heterocycles. The number of aryl methyl sites for hydroxylation is 1. The van der Waals surface area contributed by atoms with E-state index in [9.17, 15) is 0 Å². The van der Waals surface area contributed by atoms with Gasteiger partial charge in [-0.1, -0.05) is 47.7 Å². The quantitative estimate of drug-likeness (QED) is 0.170. The minimum atomic E-state index is -2.42. The van der Waals surface area contributed by atoms with Crippen LogP contribution in [-0.4, -0.2) is 16.2 Å². The first kappa shape index (κ1) is 18.5. The molecule has 3 aromatic heterocycles. The molecule has 40 heavy (non-hydrogen) atoms. The van der Waals surface area contributed by atoms with Gasteiger partial charge < -0.3 is 4.98 Å². The Hall–Kier alpha value is -2.98. The molecule has 3 nitrogen and oxygen atoms in total. The summed E-state index contributed by atoms with van der Waals surface area (Å²) in [4.78, 5) is 13.5. The minimum Gasteiger partial charge on any atom is -0.304 e. The molecule has 7 rings (SSSR count). The smallest absolute Gasteiger partial charge is 0.110 e. The summed E-state index contributed by atoms with van der Waals surface area (Å²) in [5.74, 6) is -0.464. The van der Waals surface area contributed by atoms with E-state index in [2.05, 4.69) is 40.3 Å². The van der Waals surface area contributed by atoms with Crippen molar-refractivity contribution in [3.8, 4) is 11.3 Å². The van der Waals surface area contributed by atoms with Crippen molar-refractivity contribution in [3.63, 3.8) is 0 Å². The average molecular weight is 733 g/mol. The molecule has 2 unspecified atom stereocenters. The third kappa shape index (κ3) is 8.04. The summed E-state index contributed by atoms with van der Waals surface area (Å²) < 4.78 is 83.1. The van der Waals surface area contributed by atoms with Gasteiger partial charge in [0.05, 0.1) is 2.74 Å². The van der Waals surface area contributed by atoms with E-state index in [4.69, 9.17) is 20.1 Å². The summed E-state index contributed by atoms with van der Waals surface area (Å²) in [7, 11) is 0. The number of pyridine rings is 2. The van der Waals surface area contributed by atoms with Gasteiger partial charge in [-0.2, -0.15) is 35.6 Å². The van der Waals surface area contributed by atoms with Crippen molar-refractivity contribution < 1.29 is 35.2 Å². The van der Waals surface area contributed by atoms with E-state index in [1.165, 1.54) is 28.1 Å². The maximum Gasteiger partial charge on any atom is 0.110 e. The zero-order valence-electron chi connectivity index (χ0n) is 32.7. The molecule has 1 saturated carbocycles. The molecule has 2 aliphatic rings. The van der Waals surface area contributed by atoms with Crippen LogP contribution in [0.1, 0.15) is 84.0 Å². The Bertz CT molecular complexity index is 2000. The molecule has 0 bridgehead atoms. The molecule has 1 fully saturated rings. The number of thiophene rings is 1. The number of rotatable bonds is 2. The van der Waals surface area contributed by atoms with Gasteiger partial charge in [-0.05, 0) is 62.0 Å². The molecule has 1 radical (unpaired) electrons. The summed E-state index contributed by atoms with van der Waals surface area (Å²) in [6.45, 7) is -4.71. The molecule has 0 spiro atoms. The van der Waals surface area contributed by atoms with E-state index >= 15 is 0 Å². The van der Waals surface area contributed by atoms with E-state index < -0.39 is 32.4 Å². The van der Waals surface area contributed by atoms with Crippen LogP contribution in [0.15, 0.2) is 89.6 Å². The fourth-order valence-electron chi connectivity index (χ4n) is 4.34. The average Bonchev–Trinajstić information content (AvgIpc) is 3.46. The first-order valence-electron chi connectivity index (χ1n) is 18.5. The van der Waals surface area contributed by atoms with Gasteiger partial charge in [-0.15, -0.1) is 41.3 Å². The van der Waals surface area contributed by atoms with Crippen LogP contribution < -0.4 is 0 Å². The molecular formula is C35H35IrN3S-2. The van der Waals surface area contributed by atoms with Crippen molar-refractivity contribution >= 4 is 37.9 Å². The summed E-state index contributed by atoms with van der Waals surface area (Å²) in [6, 6.07) is 22.8. The number of benzene rings is 2. The molecule has 2 aromatic carbocycles. The summed E-state index contributed by atoms with van der Waals surface area (Å²) >= 11 is 1.71. The van der Waals surface area contributed by atoms with Crippen LogP contribution in [0.3, 0.4) is 0 Å². The van der Waals surface area contributed by atoms with Crippen LogP contribution in [0.5, 0.6) is 0 Å². The Morgan fingerprint density at radius 3 is 2.77 bits per heavy atom. The van der Waals surface area contributed by atoms with Gasteiger partial charge in [0.15, 0.2) is 0 Å². The first-order valence-corrected chi connectivity index (χ1v) is 13.6. The van der Waals surface area contributed by atoms with Crippen molar-refractivity contribution in [1.82, 2.24) is 9.97 Å². The zero-order chi connectivity index (χ0) is 36.3. The van der Waals surface area contributed by atoms with Gasteiger partial charge in [0.1, 0.15) is 4.83 Å². The van der Waals surface area contributed by atoms with E-state index in [1.54, 1.807) is 35.6 Å². The summed E-state index contributed by atoms with van der Waals surface area (Å²) in [5, 5.41) is 2.47. The Balaban J connectivity index is 0.000000176. The topological polar surface area (TPSA) is 38.1 Å². The van der Waals surface area contributed by atoms with E-state index in [-0.39, 0.29) is 49.0 Å². The van der Waals surface area contributed by atoms with Crippen LogP contribution in [0, 0.1) is 19.0 Å². The monoisotopic (exact) mass is 733 g/mol.